The predicted octanol–water partition coefficient (Wildman–Crippen LogP) is 1.60. The summed E-state index contributed by atoms with van der Waals surface area (Å²) in [7, 11) is 3.41. The smallest absolute Gasteiger partial charge is 0.267 e. The number of alkyl halides is 2. The third-order valence-electron chi connectivity index (χ3n) is 3.71. The molecule has 128 valence electrons. The molecule has 1 atom stereocenters. The number of likely N-dealkylation sites (N-methyl/N-ethyl adjacent to an activating group) is 1. The van der Waals surface area contributed by atoms with E-state index in [-0.39, 0.29) is 18.3 Å². The van der Waals surface area contributed by atoms with Gasteiger partial charge in [-0.15, -0.1) is 0 Å². The van der Waals surface area contributed by atoms with Crippen LogP contribution in [0.3, 0.4) is 0 Å². The van der Waals surface area contributed by atoms with Gasteiger partial charge in [-0.3, -0.25) is 9.78 Å². The number of aromatic nitrogens is 3. The van der Waals surface area contributed by atoms with Gasteiger partial charge in [0.05, 0.1) is 13.1 Å². The van der Waals surface area contributed by atoms with E-state index in [0.717, 1.165) is 4.90 Å². The molecule has 1 aliphatic rings. The molecule has 0 radical (unpaired) electrons. The van der Waals surface area contributed by atoms with E-state index in [2.05, 4.69) is 15.1 Å². The topological polar surface area (TPSA) is 75.4 Å². The molecule has 3 rings (SSSR count). The molecule has 0 aromatic carbocycles. The molecule has 1 aliphatic heterocycles. The van der Waals surface area contributed by atoms with Gasteiger partial charge in [0, 0.05) is 24.4 Å². The van der Waals surface area contributed by atoms with Crippen molar-refractivity contribution >= 4 is 5.91 Å². The minimum Gasteiger partial charge on any atom is -0.337 e. The number of pyridine rings is 1. The van der Waals surface area contributed by atoms with Crippen LogP contribution in [-0.4, -0.2) is 63.9 Å². The third-order valence-corrected chi connectivity index (χ3v) is 3.71. The molecule has 0 saturated carbocycles. The van der Waals surface area contributed by atoms with Crippen molar-refractivity contribution in [2.45, 2.75) is 18.4 Å². The van der Waals surface area contributed by atoms with Crippen molar-refractivity contribution in [3.63, 3.8) is 0 Å². The first-order valence-electron chi connectivity index (χ1n) is 7.42. The van der Waals surface area contributed by atoms with Crippen LogP contribution in [-0.2, 0) is 4.79 Å². The molecular weight excluding hydrogens is 320 g/mol. The van der Waals surface area contributed by atoms with Gasteiger partial charge in [0.1, 0.15) is 6.04 Å². The molecule has 0 bridgehead atoms. The maximum Gasteiger partial charge on any atom is 0.267 e. The first-order chi connectivity index (χ1) is 11.4. The molecule has 0 unspecified atom stereocenters. The summed E-state index contributed by atoms with van der Waals surface area (Å²) < 4.78 is 32.9. The van der Waals surface area contributed by atoms with E-state index in [1.165, 1.54) is 0 Å². The summed E-state index contributed by atoms with van der Waals surface area (Å²) in [6.07, 6.45) is 2.62. The van der Waals surface area contributed by atoms with Crippen LogP contribution in [0, 0.1) is 0 Å². The standard InChI is InChI=1S/C15H17F2N5O2/c1-21(2)8-12(23)22-9-15(16,17)7-11(22)14-19-13(20-24-14)10-3-5-18-6-4-10/h3-6,11H,7-9H2,1-2H3/t11-/m0/s1. The van der Waals surface area contributed by atoms with Gasteiger partial charge in [-0.05, 0) is 26.2 Å². The first kappa shape index (κ1) is 16.4. The molecule has 1 amide bonds. The Kier molecular flexibility index (Phi) is 4.27. The Morgan fingerprint density at radius 2 is 2.12 bits per heavy atom. The van der Waals surface area contributed by atoms with Gasteiger partial charge in [-0.2, -0.15) is 4.98 Å². The number of amides is 1. The van der Waals surface area contributed by atoms with E-state index in [1.807, 2.05) is 0 Å². The minimum absolute atomic E-state index is 0.0195. The van der Waals surface area contributed by atoms with Crippen molar-refractivity contribution in [3.05, 3.63) is 30.4 Å². The molecule has 2 aromatic heterocycles. The number of carbonyl (C=O) groups is 1. The van der Waals surface area contributed by atoms with E-state index in [4.69, 9.17) is 4.52 Å². The SMILES string of the molecule is CN(C)CC(=O)N1CC(F)(F)C[C@H]1c1nc(-c2ccncc2)no1. The molecular formula is C15H17F2N5O2. The molecule has 0 aliphatic carbocycles. The van der Waals surface area contributed by atoms with Gasteiger partial charge < -0.3 is 14.3 Å². The number of carbonyl (C=O) groups excluding carboxylic acids is 1. The minimum atomic E-state index is -2.97. The van der Waals surface area contributed by atoms with Gasteiger partial charge in [-0.1, -0.05) is 5.16 Å². The fourth-order valence-corrected chi connectivity index (χ4v) is 2.65. The second-order valence-electron chi connectivity index (χ2n) is 6.03. The number of rotatable bonds is 4. The Hall–Kier alpha value is -2.42. The second-order valence-corrected chi connectivity index (χ2v) is 6.03. The molecule has 2 aromatic rings. The van der Waals surface area contributed by atoms with Gasteiger partial charge in [0.25, 0.3) is 5.92 Å². The lowest BCUT2D eigenvalue weighted by atomic mass is 10.2. The van der Waals surface area contributed by atoms with Crippen LogP contribution in [0.5, 0.6) is 0 Å². The zero-order valence-corrected chi connectivity index (χ0v) is 13.3. The number of hydrogen-bond acceptors (Lipinski definition) is 6. The van der Waals surface area contributed by atoms with E-state index in [0.29, 0.717) is 5.56 Å². The molecule has 0 spiro atoms. The Labute approximate surface area is 137 Å². The lowest BCUT2D eigenvalue weighted by Gasteiger charge is -2.22. The highest BCUT2D eigenvalue weighted by Crippen LogP contribution is 2.40. The van der Waals surface area contributed by atoms with Crippen LogP contribution >= 0.6 is 0 Å². The van der Waals surface area contributed by atoms with E-state index in [1.54, 1.807) is 43.5 Å². The fourth-order valence-electron chi connectivity index (χ4n) is 2.65. The summed E-state index contributed by atoms with van der Waals surface area (Å²) in [4.78, 5) is 23.1. The van der Waals surface area contributed by atoms with Crippen molar-refractivity contribution in [2.24, 2.45) is 0 Å². The van der Waals surface area contributed by atoms with Crippen molar-refractivity contribution in [1.82, 2.24) is 24.9 Å². The maximum absolute atomic E-state index is 13.9. The molecule has 9 heteroatoms. The Bertz CT molecular complexity index is 720. The molecule has 3 heterocycles. The molecule has 7 nitrogen and oxygen atoms in total. The van der Waals surface area contributed by atoms with Crippen LogP contribution in [0.4, 0.5) is 8.78 Å². The monoisotopic (exact) mass is 337 g/mol. The Morgan fingerprint density at radius 3 is 2.79 bits per heavy atom. The van der Waals surface area contributed by atoms with Gasteiger partial charge in [0.15, 0.2) is 0 Å². The van der Waals surface area contributed by atoms with Crippen LogP contribution in [0.25, 0.3) is 11.4 Å². The van der Waals surface area contributed by atoms with Crippen LogP contribution in [0.15, 0.2) is 29.0 Å². The zero-order valence-electron chi connectivity index (χ0n) is 13.3. The average molecular weight is 337 g/mol. The number of likely N-dealkylation sites (tertiary alicyclic amines) is 1. The highest BCUT2D eigenvalue weighted by atomic mass is 19.3. The summed E-state index contributed by atoms with van der Waals surface area (Å²) in [6, 6.07) is 2.45. The van der Waals surface area contributed by atoms with Crippen LogP contribution in [0.1, 0.15) is 18.4 Å². The summed E-state index contributed by atoms with van der Waals surface area (Å²) >= 11 is 0. The second kappa shape index (κ2) is 6.23. The van der Waals surface area contributed by atoms with Crippen LogP contribution in [0.2, 0.25) is 0 Å². The lowest BCUT2D eigenvalue weighted by Crippen LogP contribution is -2.38. The van der Waals surface area contributed by atoms with Gasteiger partial charge >= 0.3 is 0 Å². The molecule has 0 N–H and O–H groups in total. The Morgan fingerprint density at radius 1 is 1.42 bits per heavy atom. The summed E-state index contributed by atoms with van der Waals surface area (Å²) in [5.41, 5.74) is 0.663. The van der Waals surface area contributed by atoms with Crippen molar-refractivity contribution in [1.29, 1.82) is 0 Å². The predicted molar refractivity (Wildman–Crippen MR) is 80.1 cm³/mol. The zero-order chi connectivity index (χ0) is 17.3. The highest BCUT2D eigenvalue weighted by molar-refractivity contribution is 5.79. The average Bonchev–Trinajstić information content (AvgIpc) is 3.11. The van der Waals surface area contributed by atoms with E-state index < -0.39 is 30.8 Å². The molecule has 1 saturated heterocycles. The van der Waals surface area contributed by atoms with E-state index in [9.17, 15) is 13.6 Å². The number of hydrogen-bond donors (Lipinski definition) is 0. The normalized spacial score (nSPS) is 19.9. The molecule has 24 heavy (non-hydrogen) atoms. The maximum atomic E-state index is 13.9. The van der Waals surface area contributed by atoms with Crippen LogP contribution < -0.4 is 0 Å². The van der Waals surface area contributed by atoms with E-state index >= 15 is 0 Å². The third kappa shape index (κ3) is 3.40. The highest BCUT2D eigenvalue weighted by Gasteiger charge is 2.49. The Balaban J connectivity index is 1.86. The first-order valence-corrected chi connectivity index (χ1v) is 7.42. The fraction of sp³-hybridized carbons (Fsp3) is 0.467. The quantitative estimate of drug-likeness (QED) is 0.844. The summed E-state index contributed by atoms with van der Waals surface area (Å²) in [5.74, 6) is -3.07. The van der Waals surface area contributed by atoms with Gasteiger partial charge in [-0.25, -0.2) is 8.78 Å². The lowest BCUT2D eigenvalue weighted by molar-refractivity contribution is -0.134. The largest absolute Gasteiger partial charge is 0.337 e. The molecule has 1 fully saturated rings. The number of halogens is 2. The van der Waals surface area contributed by atoms with Crippen molar-refractivity contribution < 1.29 is 18.1 Å². The summed E-state index contributed by atoms with van der Waals surface area (Å²) in [5, 5.41) is 3.83. The van der Waals surface area contributed by atoms with Gasteiger partial charge in [0.2, 0.25) is 17.6 Å². The van der Waals surface area contributed by atoms with Crippen molar-refractivity contribution in [3.8, 4) is 11.4 Å². The number of nitrogens with zero attached hydrogens (tertiary/aromatic N) is 5. The van der Waals surface area contributed by atoms with Crippen molar-refractivity contribution in [2.75, 3.05) is 27.2 Å². The summed E-state index contributed by atoms with van der Waals surface area (Å²) in [6.45, 7) is -0.602.